The Labute approximate surface area is 139 Å². The molecule has 6 nitrogen and oxygen atoms in total. The van der Waals surface area contributed by atoms with Crippen LogP contribution >= 0.6 is 0 Å². The summed E-state index contributed by atoms with van der Waals surface area (Å²) >= 11 is 0. The maximum absolute atomic E-state index is 11.6. The molecular formula is C18H15N5O. The number of primary amides is 1. The number of hydrogen-bond acceptors (Lipinski definition) is 5. The van der Waals surface area contributed by atoms with Crippen molar-refractivity contribution in [2.24, 2.45) is 5.73 Å². The Bertz CT molecular complexity index is 918. The summed E-state index contributed by atoms with van der Waals surface area (Å²) < 4.78 is 0. The van der Waals surface area contributed by atoms with Gasteiger partial charge in [-0.1, -0.05) is 12.1 Å². The minimum absolute atomic E-state index is 0.176. The summed E-state index contributed by atoms with van der Waals surface area (Å²) in [5.74, 6) is 2.94. The molecule has 0 unspecified atom stereocenters. The number of carbonyl (C=O) groups is 1. The van der Waals surface area contributed by atoms with E-state index in [4.69, 9.17) is 12.2 Å². The fourth-order valence-electron chi connectivity index (χ4n) is 2.32. The normalized spacial score (nSPS) is 11.6. The molecule has 3 aromatic rings. The van der Waals surface area contributed by atoms with Gasteiger partial charge in [-0.25, -0.2) is 9.97 Å². The van der Waals surface area contributed by atoms with Gasteiger partial charge in [0.15, 0.2) is 5.82 Å². The predicted molar refractivity (Wildman–Crippen MR) is 92.8 cm³/mol. The lowest BCUT2D eigenvalue weighted by atomic mass is 10.1. The van der Waals surface area contributed by atoms with Crippen LogP contribution in [-0.2, 0) is 4.79 Å². The molecule has 1 aromatic carbocycles. The molecule has 0 spiro atoms. The van der Waals surface area contributed by atoms with Gasteiger partial charge in [0, 0.05) is 29.8 Å². The van der Waals surface area contributed by atoms with Crippen molar-refractivity contribution in [1.29, 1.82) is 0 Å². The van der Waals surface area contributed by atoms with Crippen molar-refractivity contribution >= 4 is 22.6 Å². The average Bonchev–Trinajstić information content (AvgIpc) is 2.61. The lowest BCUT2D eigenvalue weighted by Gasteiger charge is -2.16. The highest BCUT2D eigenvalue weighted by Crippen LogP contribution is 2.25. The molecule has 0 radical (unpaired) electrons. The zero-order chi connectivity index (χ0) is 16.9. The molecule has 0 saturated carbocycles. The lowest BCUT2D eigenvalue weighted by molar-refractivity contribution is -0.118. The van der Waals surface area contributed by atoms with Gasteiger partial charge in [-0.15, -0.1) is 12.3 Å². The van der Waals surface area contributed by atoms with E-state index in [1.165, 1.54) is 0 Å². The summed E-state index contributed by atoms with van der Waals surface area (Å²) in [7, 11) is 0. The average molecular weight is 317 g/mol. The number of anilines is 1. The Morgan fingerprint density at radius 3 is 2.79 bits per heavy atom. The topological polar surface area (TPSA) is 93.8 Å². The van der Waals surface area contributed by atoms with Crippen LogP contribution in [0.4, 0.5) is 5.82 Å². The number of aromatic nitrogens is 3. The first-order chi connectivity index (χ1) is 11.7. The minimum Gasteiger partial charge on any atom is -0.368 e. The summed E-state index contributed by atoms with van der Waals surface area (Å²) in [6.07, 6.45) is 8.85. The summed E-state index contributed by atoms with van der Waals surface area (Å²) in [6, 6.07) is 10.5. The van der Waals surface area contributed by atoms with Gasteiger partial charge in [-0.2, -0.15) is 0 Å². The quantitative estimate of drug-likeness (QED) is 0.702. The van der Waals surface area contributed by atoms with Crippen molar-refractivity contribution in [3.63, 3.8) is 0 Å². The Morgan fingerprint density at radius 2 is 2.08 bits per heavy atom. The van der Waals surface area contributed by atoms with Gasteiger partial charge in [0.25, 0.3) is 0 Å². The van der Waals surface area contributed by atoms with Crippen LogP contribution in [0.25, 0.3) is 22.3 Å². The van der Waals surface area contributed by atoms with E-state index in [9.17, 15) is 4.79 Å². The Kier molecular flexibility index (Phi) is 4.34. The molecule has 2 heterocycles. The number of nitrogens with two attached hydrogens (primary N) is 1. The molecule has 2 aromatic heterocycles. The fraction of sp³-hybridized carbons (Fsp3) is 0.111. The monoisotopic (exact) mass is 317 g/mol. The first-order valence-corrected chi connectivity index (χ1v) is 7.35. The van der Waals surface area contributed by atoms with Gasteiger partial charge >= 0.3 is 0 Å². The molecule has 6 heteroatoms. The number of pyridine rings is 1. The van der Waals surface area contributed by atoms with Gasteiger partial charge in [0.05, 0.1) is 5.52 Å². The van der Waals surface area contributed by atoms with Gasteiger partial charge in [0.1, 0.15) is 11.9 Å². The molecule has 0 fully saturated rings. The minimum atomic E-state index is -0.699. The maximum Gasteiger partial charge on any atom is 0.240 e. The zero-order valence-electron chi connectivity index (χ0n) is 12.8. The number of nitrogens with zero attached hydrogens (tertiary/aromatic N) is 3. The number of carbonyl (C=O) groups excluding carboxylic acids is 1. The highest BCUT2D eigenvalue weighted by atomic mass is 16.1. The Hall–Kier alpha value is -3.46. The second-order valence-corrected chi connectivity index (χ2v) is 5.16. The Balaban J connectivity index is 2.11. The zero-order valence-corrected chi connectivity index (χ0v) is 12.8. The molecule has 3 rings (SSSR count). The van der Waals surface area contributed by atoms with Crippen molar-refractivity contribution < 1.29 is 4.79 Å². The molecule has 24 heavy (non-hydrogen) atoms. The third-order valence-electron chi connectivity index (χ3n) is 3.50. The van der Waals surface area contributed by atoms with Crippen LogP contribution < -0.4 is 11.1 Å². The molecule has 3 N–H and O–H groups in total. The van der Waals surface area contributed by atoms with Crippen LogP contribution in [0.15, 0.2) is 48.8 Å². The van der Waals surface area contributed by atoms with E-state index in [0.717, 1.165) is 16.5 Å². The van der Waals surface area contributed by atoms with E-state index < -0.39 is 11.9 Å². The molecular weight excluding hydrogens is 302 g/mol. The van der Waals surface area contributed by atoms with E-state index in [0.29, 0.717) is 11.6 Å². The molecule has 1 amide bonds. The number of amides is 1. The summed E-state index contributed by atoms with van der Waals surface area (Å²) in [4.78, 5) is 24.8. The van der Waals surface area contributed by atoms with Crippen LogP contribution in [0.2, 0.25) is 0 Å². The first kappa shape index (κ1) is 15.4. The fourth-order valence-corrected chi connectivity index (χ4v) is 2.32. The van der Waals surface area contributed by atoms with E-state index in [1.807, 2.05) is 36.4 Å². The van der Waals surface area contributed by atoms with Crippen molar-refractivity contribution in [2.45, 2.75) is 12.5 Å². The smallest absolute Gasteiger partial charge is 0.240 e. The molecule has 0 bridgehead atoms. The van der Waals surface area contributed by atoms with Crippen LogP contribution in [-0.4, -0.2) is 26.9 Å². The molecule has 0 aliphatic carbocycles. The second-order valence-electron chi connectivity index (χ2n) is 5.16. The standard InChI is InChI=1S/C18H15N5O/c1-2-6-15(16(19)24)22-18-13-8-3-4-9-14(13)21-17(23-18)12-7-5-10-20-11-12/h1,3-5,7-11,15H,6H2,(H2,19,24)(H,21,22,23)/t15-/m0/s1. The van der Waals surface area contributed by atoms with Crippen molar-refractivity contribution in [3.05, 3.63) is 48.8 Å². The van der Waals surface area contributed by atoms with Crippen LogP contribution in [0, 0.1) is 12.3 Å². The highest BCUT2D eigenvalue weighted by Gasteiger charge is 2.17. The maximum atomic E-state index is 11.6. The van der Waals surface area contributed by atoms with Gasteiger partial charge < -0.3 is 11.1 Å². The number of rotatable bonds is 5. The first-order valence-electron chi connectivity index (χ1n) is 7.35. The number of benzene rings is 1. The molecule has 0 aliphatic heterocycles. The Morgan fingerprint density at radius 1 is 1.25 bits per heavy atom. The van der Waals surface area contributed by atoms with Gasteiger partial charge in [-0.3, -0.25) is 9.78 Å². The number of hydrogen-bond donors (Lipinski definition) is 2. The summed E-state index contributed by atoms with van der Waals surface area (Å²) in [6.45, 7) is 0. The lowest BCUT2D eigenvalue weighted by Crippen LogP contribution is -2.35. The highest BCUT2D eigenvalue weighted by molar-refractivity contribution is 5.93. The number of fused-ring (bicyclic) bond motifs is 1. The number of nitrogens with one attached hydrogen (secondary N) is 1. The van der Waals surface area contributed by atoms with E-state index in [1.54, 1.807) is 12.4 Å². The van der Waals surface area contributed by atoms with Gasteiger partial charge in [0.2, 0.25) is 5.91 Å². The van der Waals surface area contributed by atoms with Crippen molar-refractivity contribution in [3.8, 4) is 23.7 Å². The van der Waals surface area contributed by atoms with E-state index in [-0.39, 0.29) is 6.42 Å². The van der Waals surface area contributed by atoms with Crippen molar-refractivity contribution in [1.82, 2.24) is 15.0 Å². The van der Waals surface area contributed by atoms with Crippen molar-refractivity contribution in [2.75, 3.05) is 5.32 Å². The van der Waals surface area contributed by atoms with Gasteiger partial charge in [-0.05, 0) is 24.3 Å². The summed E-state index contributed by atoms with van der Waals surface area (Å²) in [5, 5.41) is 3.83. The van der Waals surface area contributed by atoms with Crippen LogP contribution in [0.3, 0.4) is 0 Å². The second kappa shape index (κ2) is 6.75. The SMILES string of the molecule is C#CC[C@H](Nc1nc(-c2cccnc2)nc2ccccc12)C(N)=O. The molecule has 0 saturated heterocycles. The van der Waals surface area contributed by atoms with Crippen LogP contribution in [0.1, 0.15) is 6.42 Å². The molecule has 1 atom stereocenters. The van der Waals surface area contributed by atoms with Crippen LogP contribution in [0.5, 0.6) is 0 Å². The largest absolute Gasteiger partial charge is 0.368 e. The van der Waals surface area contributed by atoms with E-state index >= 15 is 0 Å². The number of terminal acetylenes is 1. The molecule has 0 aliphatic rings. The summed E-state index contributed by atoms with van der Waals surface area (Å²) in [5.41, 5.74) is 6.94. The third-order valence-corrected chi connectivity index (χ3v) is 3.50. The molecule has 118 valence electrons. The predicted octanol–water partition coefficient (Wildman–Crippen LogP) is 1.98. The third kappa shape index (κ3) is 3.15. The number of para-hydroxylation sites is 1. The van der Waals surface area contributed by atoms with E-state index in [2.05, 4.69) is 26.2 Å².